The molecule has 1 heterocycles. The lowest BCUT2D eigenvalue weighted by Gasteiger charge is -2.03. The molecule has 3 rings (SSSR count). The first-order valence-corrected chi connectivity index (χ1v) is 8.91. The Hall–Kier alpha value is -3.23. The molecule has 0 atom stereocenters. The quantitative estimate of drug-likeness (QED) is 0.656. The van der Waals surface area contributed by atoms with Gasteiger partial charge >= 0.3 is 0 Å². The molecule has 128 valence electrons. The molecule has 1 aromatic heterocycles. The number of anilines is 1. The molecule has 0 saturated carbocycles. The third-order valence-electron chi connectivity index (χ3n) is 3.70. The van der Waals surface area contributed by atoms with Crippen LogP contribution in [0.4, 0.5) is 5.00 Å². The number of allylic oxidation sites excluding steroid dienone is 1. The molecule has 3 aromatic rings. The third kappa shape index (κ3) is 4.05. The van der Waals surface area contributed by atoms with Gasteiger partial charge in [0.1, 0.15) is 21.8 Å². The van der Waals surface area contributed by atoms with E-state index in [9.17, 15) is 10.1 Å². The van der Waals surface area contributed by atoms with E-state index in [4.69, 9.17) is 0 Å². The summed E-state index contributed by atoms with van der Waals surface area (Å²) in [5, 5.41) is 13.6. The fraction of sp³-hybridized carbons (Fsp3) is 0.0952. The van der Waals surface area contributed by atoms with Gasteiger partial charge in [0.2, 0.25) is 5.91 Å². The first-order valence-electron chi connectivity index (χ1n) is 8.09. The summed E-state index contributed by atoms with van der Waals surface area (Å²) >= 11 is 1.30. The molecule has 0 aliphatic carbocycles. The molecule has 0 unspecified atom stereocenters. The highest BCUT2D eigenvalue weighted by Crippen LogP contribution is 2.36. The van der Waals surface area contributed by atoms with Gasteiger partial charge in [-0.05, 0) is 18.6 Å². The molecular weight excluding hydrogens is 342 g/mol. The van der Waals surface area contributed by atoms with Crippen LogP contribution in [0.3, 0.4) is 0 Å². The fourth-order valence-electron chi connectivity index (χ4n) is 2.44. The molecule has 0 radical (unpaired) electrons. The Morgan fingerprint density at radius 1 is 1.15 bits per heavy atom. The molecule has 1 amide bonds. The van der Waals surface area contributed by atoms with E-state index in [1.165, 1.54) is 18.3 Å². The van der Waals surface area contributed by atoms with E-state index in [1.807, 2.05) is 61.5 Å². The molecule has 0 spiro atoms. The summed E-state index contributed by atoms with van der Waals surface area (Å²) in [7, 11) is 0. The molecule has 26 heavy (non-hydrogen) atoms. The molecule has 4 nitrogen and oxygen atoms in total. The van der Waals surface area contributed by atoms with E-state index in [2.05, 4.69) is 16.4 Å². The van der Waals surface area contributed by atoms with Crippen LogP contribution >= 0.6 is 11.3 Å². The van der Waals surface area contributed by atoms with Crippen molar-refractivity contribution in [1.29, 1.82) is 5.26 Å². The van der Waals surface area contributed by atoms with Crippen molar-refractivity contribution in [2.24, 2.45) is 0 Å². The van der Waals surface area contributed by atoms with Gasteiger partial charge in [-0.2, -0.15) is 5.26 Å². The summed E-state index contributed by atoms with van der Waals surface area (Å²) < 4.78 is 0. The average molecular weight is 359 g/mol. The smallest absolute Gasteiger partial charge is 0.221 e. The maximum absolute atomic E-state index is 11.6. The van der Waals surface area contributed by atoms with Crippen LogP contribution in [0.5, 0.6) is 0 Å². The summed E-state index contributed by atoms with van der Waals surface area (Å²) in [6, 6.07) is 19.8. The summed E-state index contributed by atoms with van der Waals surface area (Å²) in [6.07, 6.45) is 1.80. The highest BCUT2D eigenvalue weighted by Gasteiger charge is 2.17. The van der Waals surface area contributed by atoms with Gasteiger partial charge in [0, 0.05) is 12.5 Å². The Bertz CT molecular complexity index is 996. The minimum Gasteiger partial charge on any atom is -0.316 e. The molecule has 0 saturated heterocycles. The van der Waals surface area contributed by atoms with Crippen molar-refractivity contribution >= 4 is 33.9 Å². The van der Waals surface area contributed by atoms with E-state index in [0.717, 1.165) is 16.7 Å². The Morgan fingerprint density at radius 3 is 2.46 bits per heavy atom. The second kappa shape index (κ2) is 7.77. The van der Waals surface area contributed by atoms with Crippen molar-refractivity contribution < 1.29 is 4.79 Å². The van der Waals surface area contributed by atoms with Gasteiger partial charge in [0.05, 0.1) is 5.57 Å². The first kappa shape index (κ1) is 17.6. The second-order valence-corrected chi connectivity index (χ2v) is 6.82. The largest absolute Gasteiger partial charge is 0.316 e. The van der Waals surface area contributed by atoms with Crippen LogP contribution in [-0.4, -0.2) is 10.9 Å². The van der Waals surface area contributed by atoms with Crippen molar-refractivity contribution in [3.8, 4) is 17.3 Å². The van der Waals surface area contributed by atoms with Crippen LogP contribution in [0.15, 0.2) is 54.6 Å². The van der Waals surface area contributed by atoms with Gasteiger partial charge in [-0.3, -0.25) is 4.79 Å². The maximum Gasteiger partial charge on any atom is 0.221 e. The number of nitriles is 1. The molecule has 0 bridgehead atoms. The van der Waals surface area contributed by atoms with Crippen LogP contribution < -0.4 is 5.32 Å². The normalized spacial score (nSPS) is 11.0. The highest BCUT2D eigenvalue weighted by molar-refractivity contribution is 7.17. The van der Waals surface area contributed by atoms with Crippen molar-refractivity contribution in [2.75, 3.05) is 5.32 Å². The van der Waals surface area contributed by atoms with Gasteiger partial charge < -0.3 is 5.32 Å². The van der Waals surface area contributed by atoms with Crippen molar-refractivity contribution in [2.45, 2.75) is 13.8 Å². The number of nitrogens with zero attached hydrogens (tertiary/aromatic N) is 2. The summed E-state index contributed by atoms with van der Waals surface area (Å²) in [4.78, 5) is 16.2. The van der Waals surface area contributed by atoms with Gasteiger partial charge in [-0.1, -0.05) is 71.5 Å². The minimum atomic E-state index is -0.167. The Morgan fingerprint density at radius 2 is 1.85 bits per heavy atom. The number of nitrogens with one attached hydrogen (secondary N) is 1. The number of carbonyl (C=O) groups excluding carboxylic acids is 1. The fourth-order valence-corrected chi connectivity index (χ4v) is 3.44. The van der Waals surface area contributed by atoms with Gasteiger partial charge in [0.15, 0.2) is 0 Å². The highest BCUT2D eigenvalue weighted by atomic mass is 32.1. The molecule has 0 aliphatic rings. The number of rotatable bonds is 4. The van der Waals surface area contributed by atoms with E-state index in [-0.39, 0.29) is 5.91 Å². The number of aromatic nitrogens is 1. The van der Waals surface area contributed by atoms with Gasteiger partial charge in [-0.15, -0.1) is 0 Å². The monoisotopic (exact) mass is 359 g/mol. The molecule has 5 heteroatoms. The van der Waals surface area contributed by atoms with Crippen LogP contribution in [0, 0.1) is 18.3 Å². The van der Waals surface area contributed by atoms with Crippen molar-refractivity contribution in [1.82, 2.24) is 4.98 Å². The zero-order valence-corrected chi connectivity index (χ0v) is 15.3. The lowest BCUT2D eigenvalue weighted by molar-refractivity contribution is -0.114. The number of carbonyl (C=O) groups is 1. The van der Waals surface area contributed by atoms with Crippen LogP contribution in [0.2, 0.25) is 0 Å². The third-order valence-corrected chi connectivity index (χ3v) is 4.71. The number of hydrogen-bond donors (Lipinski definition) is 1. The average Bonchev–Trinajstić information content (AvgIpc) is 3.04. The molecule has 2 aromatic carbocycles. The topological polar surface area (TPSA) is 65.8 Å². The lowest BCUT2D eigenvalue weighted by atomic mass is 10.1. The summed E-state index contributed by atoms with van der Waals surface area (Å²) in [5.41, 5.74) is 4.11. The van der Waals surface area contributed by atoms with E-state index in [1.54, 1.807) is 6.08 Å². The first-order chi connectivity index (χ1) is 12.6. The van der Waals surface area contributed by atoms with E-state index < -0.39 is 0 Å². The van der Waals surface area contributed by atoms with Crippen LogP contribution in [-0.2, 0) is 4.79 Å². The van der Waals surface area contributed by atoms with Crippen LogP contribution in [0.25, 0.3) is 22.9 Å². The van der Waals surface area contributed by atoms with Crippen molar-refractivity contribution in [3.05, 3.63) is 70.7 Å². The number of benzene rings is 2. The standard InChI is InChI=1S/C21H17N3OS/c1-14-8-10-17(11-9-14)19-21(23-15(2)25)26-20(24-19)18(13-22)12-16-6-4-3-5-7-16/h3-12H,1-2H3,(H,23,25)/b18-12+. The van der Waals surface area contributed by atoms with E-state index in [0.29, 0.717) is 21.3 Å². The van der Waals surface area contributed by atoms with E-state index >= 15 is 0 Å². The van der Waals surface area contributed by atoms with Gasteiger partial charge in [0.25, 0.3) is 0 Å². The number of hydrogen-bond acceptors (Lipinski definition) is 4. The lowest BCUT2D eigenvalue weighted by Crippen LogP contribution is -2.05. The Labute approximate surface area is 156 Å². The summed E-state index contributed by atoms with van der Waals surface area (Å²) in [5.74, 6) is -0.167. The number of amides is 1. The maximum atomic E-state index is 11.6. The van der Waals surface area contributed by atoms with Crippen molar-refractivity contribution in [3.63, 3.8) is 0 Å². The molecule has 1 N–H and O–H groups in total. The minimum absolute atomic E-state index is 0.167. The Balaban J connectivity index is 2.08. The van der Waals surface area contributed by atoms with Crippen LogP contribution in [0.1, 0.15) is 23.1 Å². The predicted octanol–water partition coefficient (Wildman–Crippen LogP) is 5.14. The second-order valence-electron chi connectivity index (χ2n) is 5.82. The number of aryl methyl sites for hydroxylation is 1. The Kier molecular flexibility index (Phi) is 5.26. The SMILES string of the molecule is CC(=O)Nc1sc(/C(C#N)=C/c2ccccc2)nc1-c1ccc(C)cc1. The summed E-state index contributed by atoms with van der Waals surface area (Å²) in [6.45, 7) is 3.48. The zero-order valence-electron chi connectivity index (χ0n) is 14.5. The van der Waals surface area contributed by atoms with Gasteiger partial charge in [-0.25, -0.2) is 4.98 Å². The zero-order chi connectivity index (χ0) is 18.5. The molecular formula is C21H17N3OS. The number of thiazole rings is 1. The molecule has 0 aliphatic heterocycles. The predicted molar refractivity (Wildman–Crippen MR) is 107 cm³/mol. The molecule has 0 fully saturated rings.